The molecule has 2 rings (SSSR count). The Morgan fingerprint density at radius 3 is 2.15 bits per heavy atom. The number of hydrogen-bond acceptors (Lipinski definition) is 2. The quantitative estimate of drug-likeness (QED) is 0.660. The first-order valence-corrected chi connectivity index (χ1v) is 5.78. The Morgan fingerprint density at radius 1 is 1.00 bits per heavy atom. The van der Waals surface area contributed by atoms with Crippen molar-refractivity contribution >= 4 is 0 Å². The van der Waals surface area contributed by atoms with Crippen molar-refractivity contribution in [2.75, 3.05) is 13.2 Å². The largest absolute Gasteiger partial charge is 0.395 e. The van der Waals surface area contributed by atoms with Gasteiger partial charge < -0.3 is 5.11 Å². The Labute approximate surface area is 80.9 Å². The van der Waals surface area contributed by atoms with Crippen molar-refractivity contribution in [1.29, 1.82) is 0 Å². The van der Waals surface area contributed by atoms with Gasteiger partial charge in [-0.25, -0.2) is 0 Å². The van der Waals surface area contributed by atoms with E-state index in [2.05, 4.69) is 4.90 Å². The van der Waals surface area contributed by atoms with E-state index in [4.69, 9.17) is 5.11 Å². The smallest absolute Gasteiger partial charge is 0.0587 e. The van der Waals surface area contributed by atoms with E-state index in [-0.39, 0.29) is 0 Å². The van der Waals surface area contributed by atoms with Crippen LogP contribution in [0.1, 0.15) is 44.9 Å². The van der Waals surface area contributed by atoms with Crippen LogP contribution in [0.4, 0.5) is 0 Å². The van der Waals surface area contributed by atoms with Gasteiger partial charge in [-0.2, -0.15) is 0 Å². The molecule has 1 saturated heterocycles. The number of likely N-dealkylation sites (tertiary alicyclic amines) is 1. The molecule has 1 atom stereocenters. The summed E-state index contributed by atoms with van der Waals surface area (Å²) in [5.74, 6) is 0. The molecular formula is C11H21NO. The minimum Gasteiger partial charge on any atom is -0.395 e. The number of aliphatic hydroxyl groups excluding tert-OH is 1. The molecule has 0 amide bonds. The molecule has 2 nitrogen and oxygen atoms in total. The van der Waals surface area contributed by atoms with Gasteiger partial charge in [0.05, 0.1) is 6.61 Å². The highest BCUT2D eigenvalue weighted by molar-refractivity contribution is 4.88. The monoisotopic (exact) mass is 183 g/mol. The number of aliphatic hydroxyl groups is 1. The summed E-state index contributed by atoms with van der Waals surface area (Å²) in [4.78, 5) is 2.53. The topological polar surface area (TPSA) is 23.5 Å². The molecule has 2 aliphatic rings. The van der Waals surface area contributed by atoms with Gasteiger partial charge in [-0.3, -0.25) is 4.90 Å². The van der Waals surface area contributed by atoms with Crippen molar-refractivity contribution in [2.45, 2.75) is 57.0 Å². The number of nitrogens with zero attached hydrogens (tertiary/aromatic N) is 1. The van der Waals surface area contributed by atoms with Crippen LogP contribution >= 0.6 is 0 Å². The maximum Gasteiger partial charge on any atom is 0.0587 e. The van der Waals surface area contributed by atoms with Gasteiger partial charge in [0.1, 0.15) is 0 Å². The summed E-state index contributed by atoms with van der Waals surface area (Å²) in [6.45, 7) is 1.60. The molecule has 2 heteroatoms. The van der Waals surface area contributed by atoms with Crippen molar-refractivity contribution in [1.82, 2.24) is 4.90 Å². The third-order valence-corrected chi connectivity index (χ3v) is 3.69. The lowest BCUT2D eigenvalue weighted by atomic mass is 9.96. The summed E-state index contributed by atoms with van der Waals surface area (Å²) in [6.07, 6.45) is 9.61. The van der Waals surface area contributed by atoms with Crippen LogP contribution in [0.3, 0.4) is 0 Å². The Balaban J connectivity index is 1.84. The highest BCUT2D eigenvalue weighted by atomic mass is 16.3. The minimum absolute atomic E-state index is 0.372. The highest BCUT2D eigenvalue weighted by Gasteiger charge is 2.32. The summed E-state index contributed by atoms with van der Waals surface area (Å²) in [5.41, 5.74) is 0. The number of rotatable bonds is 2. The lowest BCUT2D eigenvalue weighted by Crippen LogP contribution is -2.54. The Kier molecular flexibility index (Phi) is 3.23. The first-order chi connectivity index (χ1) is 6.42. The van der Waals surface area contributed by atoms with Crippen molar-refractivity contribution < 1.29 is 5.11 Å². The second-order valence-electron chi connectivity index (χ2n) is 4.51. The summed E-state index contributed by atoms with van der Waals surface area (Å²) < 4.78 is 0. The van der Waals surface area contributed by atoms with Crippen molar-refractivity contribution in [3.63, 3.8) is 0 Å². The van der Waals surface area contributed by atoms with Crippen LogP contribution in [0, 0.1) is 0 Å². The first kappa shape index (κ1) is 9.47. The van der Waals surface area contributed by atoms with Gasteiger partial charge in [0, 0.05) is 18.6 Å². The number of hydrogen-bond donors (Lipinski definition) is 1. The second kappa shape index (κ2) is 4.43. The zero-order chi connectivity index (χ0) is 9.10. The van der Waals surface area contributed by atoms with Crippen LogP contribution in [0.25, 0.3) is 0 Å². The van der Waals surface area contributed by atoms with Crippen LogP contribution in [0.15, 0.2) is 0 Å². The Morgan fingerprint density at radius 2 is 1.69 bits per heavy atom. The summed E-state index contributed by atoms with van der Waals surface area (Å²) >= 11 is 0. The molecule has 0 aromatic rings. The van der Waals surface area contributed by atoms with E-state index in [1.165, 1.54) is 51.5 Å². The zero-order valence-corrected chi connectivity index (χ0v) is 8.41. The van der Waals surface area contributed by atoms with Crippen molar-refractivity contribution in [3.05, 3.63) is 0 Å². The fourth-order valence-corrected chi connectivity index (χ4v) is 2.73. The average Bonchev–Trinajstić information content (AvgIpc) is 2.32. The Bertz CT molecular complexity index is 150. The van der Waals surface area contributed by atoms with Gasteiger partial charge in [0.2, 0.25) is 0 Å². The average molecular weight is 183 g/mol. The molecule has 1 aliphatic carbocycles. The Hall–Kier alpha value is -0.0800. The summed E-state index contributed by atoms with van der Waals surface area (Å²) in [7, 11) is 0. The predicted molar refractivity (Wildman–Crippen MR) is 53.7 cm³/mol. The molecule has 1 saturated carbocycles. The zero-order valence-electron chi connectivity index (χ0n) is 8.41. The van der Waals surface area contributed by atoms with Crippen molar-refractivity contribution in [2.24, 2.45) is 0 Å². The maximum atomic E-state index is 9.12. The fraction of sp³-hybridized carbons (Fsp3) is 1.00. The molecule has 0 aromatic carbocycles. The molecular weight excluding hydrogens is 162 g/mol. The molecule has 0 aromatic heterocycles. The molecule has 13 heavy (non-hydrogen) atoms. The van der Waals surface area contributed by atoms with E-state index in [9.17, 15) is 0 Å². The molecule has 0 unspecified atom stereocenters. The van der Waals surface area contributed by atoms with E-state index < -0.39 is 0 Å². The molecule has 1 aliphatic heterocycles. The van der Waals surface area contributed by atoms with Gasteiger partial charge in [0.15, 0.2) is 0 Å². The van der Waals surface area contributed by atoms with E-state index in [1.54, 1.807) is 0 Å². The van der Waals surface area contributed by atoms with E-state index in [0.29, 0.717) is 12.6 Å². The van der Waals surface area contributed by atoms with Crippen LogP contribution in [-0.4, -0.2) is 35.2 Å². The molecule has 0 spiro atoms. The van der Waals surface area contributed by atoms with Gasteiger partial charge >= 0.3 is 0 Å². The lowest BCUT2D eigenvalue weighted by molar-refractivity contribution is 0.000240. The van der Waals surface area contributed by atoms with Crippen molar-refractivity contribution in [3.8, 4) is 0 Å². The van der Waals surface area contributed by atoms with Crippen LogP contribution in [-0.2, 0) is 0 Å². The van der Waals surface area contributed by atoms with Gasteiger partial charge in [-0.15, -0.1) is 0 Å². The van der Waals surface area contributed by atoms with Gasteiger partial charge in [0.25, 0.3) is 0 Å². The van der Waals surface area contributed by atoms with Crippen LogP contribution < -0.4 is 0 Å². The summed E-state index contributed by atoms with van der Waals surface area (Å²) in [6, 6.07) is 1.30. The fourth-order valence-electron chi connectivity index (χ4n) is 2.73. The lowest BCUT2D eigenvalue weighted by Gasteiger charge is -2.45. The first-order valence-electron chi connectivity index (χ1n) is 5.78. The predicted octanol–water partition coefficient (Wildman–Crippen LogP) is 1.78. The third-order valence-electron chi connectivity index (χ3n) is 3.69. The van der Waals surface area contributed by atoms with Crippen LogP contribution in [0.2, 0.25) is 0 Å². The van der Waals surface area contributed by atoms with E-state index >= 15 is 0 Å². The second-order valence-corrected chi connectivity index (χ2v) is 4.51. The highest BCUT2D eigenvalue weighted by Crippen LogP contribution is 2.28. The molecule has 1 N–H and O–H groups in total. The van der Waals surface area contributed by atoms with Gasteiger partial charge in [-0.05, 0) is 19.3 Å². The SMILES string of the molecule is OC[C@H]1CCN1C1CCCCCC1. The summed E-state index contributed by atoms with van der Waals surface area (Å²) in [5, 5.41) is 9.12. The van der Waals surface area contributed by atoms with E-state index in [0.717, 1.165) is 6.04 Å². The van der Waals surface area contributed by atoms with Crippen LogP contribution in [0.5, 0.6) is 0 Å². The maximum absolute atomic E-state index is 9.12. The molecule has 76 valence electrons. The molecule has 1 heterocycles. The van der Waals surface area contributed by atoms with Gasteiger partial charge in [-0.1, -0.05) is 25.7 Å². The minimum atomic E-state index is 0.372. The third kappa shape index (κ3) is 2.05. The molecule has 0 bridgehead atoms. The standard InChI is InChI=1S/C11H21NO/c13-9-11-7-8-12(11)10-5-3-1-2-4-6-10/h10-11,13H,1-9H2/t11-/m1/s1. The van der Waals surface area contributed by atoms with E-state index in [1.807, 2.05) is 0 Å². The normalized spacial score (nSPS) is 32.5. The molecule has 0 radical (unpaired) electrons. The molecule has 2 fully saturated rings.